The van der Waals surface area contributed by atoms with Crippen LogP contribution in [0.4, 0.5) is 0 Å². The van der Waals surface area contributed by atoms with E-state index >= 15 is 0 Å². The lowest BCUT2D eigenvalue weighted by Crippen LogP contribution is -2.24. The molecule has 0 amide bonds. The van der Waals surface area contributed by atoms with E-state index in [0.29, 0.717) is 12.7 Å². The summed E-state index contributed by atoms with van der Waals surface area (Å²) in [5.41, 5.74) is 0. The molecular weight excluding hydrogens is 276 g/mol. The minimum absolute atomic E-state index is 0.321. The molecule has 1 aliphatic rings. The van der Waals surface area contributed by atoms with Crippen molar-refractivity contribution in [3.63, 3.8) is 0 Å². The Morgan fingerprint density at radius 3 is 3.07 bits per heavy atom. The fraction of sp³-hybridized carbons (Fsp3) is 0.636. The molecule has 2 rings (SSSR count). The van der Waals surface area contributed by atoms with Crippen LogP contribution in [0.3, 0.4) is 0 Å². The van der Waals surface area contributed by atoms with E-state index in [4.69, 9.17) is 9.47 Å². The van der Waals surface area contributed by atoms with Gasteiger partial charge < -0.3 is 9.47 Å². The quantitative estimate of drug-likeness (QED) is 0.844. The molecular formula is C11H15BrO2S. The molecule has 1 aliphatic heterocycles. The van der Waals surface area contributed by atoms with Crippen LogP contribution in [-0.4, -0.2) is 19.3 Å². The summed E-state index contributed by atoms with van der Waals surface area (Å²) in [6.07, 6.45) is 3.95. The highest BCUT2D eigenvalue weighted by Crippen LogP contribution is 2.23. The summed E-state index contributed by atoms with van der Waals surface area (Å²) in [5, 5.41) is 0. The average Bonchev–Trinajstić information content (AvgIpc) is 2.66. The molecule has 1 unspecified atom stereocenters. The van der Waals surface area contributed by atoms with E-state index < -0.39 is 0 Å². The van der Waals surface area contributed by atoms with Crippen molar-refractivity contribution in [2.75, 3.05) is 13.2 Å². The van der Waals surface area contributed by atoms with E-state index in [0.717, 1.165) is 23.4 Å². The summed E-state index contributed by atoms with van der Waals surface area (Å²) in [6, 6.07) is 4.15. The molecule has 1 aromatic heterocycles. The standard InChI is InChI=1S/C11H15BrO2S/c12-11-5-4-10(15-11)8-13-7-9-3-1-2-6-14-9/h4-5,9H,1-3,6-8H2. The predicted octanol–water partition coefficient (Wildman–Crippen LogP) is 3.60. The number of hydrogen-bond acceptors (Lipinski definition) is 3. The van der Waals surface area contributed by atoms with Gasteiger partial charge in [-0.3, -0.25) is 0 Å². The number of halogens is 1. The minimum atomic E-state index is 0.321. The molecule has 1 saturated heterocycles. The van der Waals surface area contributed by atoms with Gasteiger partial charge in [-0.1, -0.05) is 0 Å². The third kappa shape index (κ3) is 3.87. The van der Waals surface area contributed by atoms with Crippen molar-refractivity contribution in [3.05, 3.63) is 20.8 Å². The van der Waals surface area contributed by atoms with Crippen LogP contribution in [-0.2, 0) is 16.1 Å². The van der Waals surface area contributed by atoms with Crippen molar-refractivity contribution >= 4 is 27.3 Å². The molecule has 84 valence electrons. The minimum Gasteiger partial charge on any atom is -0.376 e. The van der Waals surface area contributed by atoms with Gasteiger partial charge >= 0.3 is 0 Å². The molecule has 2 heterocycles. The van der Waals surface area contributed by atoms with E-state index in [2.05, 4.69) is 28.1 Å². The molecule has 1 fully saturated rings. The number of hydrogen-bond donors (Lipinski definition) is 0. The summed E-state index contributed by atoms with van der Waals surface area (Å²) < 4.78 is 12.4. The lowest BCUT2D eigenvalue weighted by molar-refractivity contribution is -0.0443. The molecule has 4 heteroatoms. The normalized spacial score (nSPS) is 21.8. The van der Waals surface area contributed by atoms with Gasteiger partial charge in [0, 0.05) is 11.5 Å². The van der Waals surface area contributed by atoms with Gasteiger partial charge in [0.25, 0.3) is 0 Å². The molecule has 0 aliphatic carbocycles. The van der Waals surface area contributed by atoms with Crippen LogP contribution in [0.2, 0.25) is 0 Å². The average molecular weight is 291 g/mol. The van der Waals surface area contributed by atoms with Crippen molar-refractivity contribution in [2.45, 2.75) is 32.0 Å². The topological polar surface area (TPSA) is 18.5 Å². The highest BCUT2D eigenvalue weighted by atomic mass is 79.9. The summed E-state index contributed by atoms with van der Waals surface area (Å²) in [7, 11) is 0. The van der Waals surface area contributed by atoms with E-state index in [1.165, 1.54) is 17.7 Å². The van der Waals surface area contributed by atoms with Crippen LogP contribution in [0.15, 0.2) is 15.9 Å². The second-order valence-corrected chi connectivity index (χ2v) is 6.26. The summed E-state index contributed by atoms with van der Waals surface area (Å²) in [5.74, 6) is 0. The van der Waals surface area contributed by atoms with Gasteiger partial charge in [-0.05, 0) is 47.3 Å². The summed E-state index contributed by atoms with van der Waals surface area (Å²) in [6.45, 7) is 2.34. The van der Waals surface area contributed by atoms with Gasteiger partial charge in [0.15, 0.2) is 0 Å². The third-order valence-electron chi connectivity index (χ3n) is 2.45. The maximum atomic E-state index is 5.64. The van der Waals surface area contributed by atoms with Crippen molar-refractivity contribution in [1.29, 1.82) is 0 Å². The fourth-order valence-electron chi connectivity index (χ4n) is 1.66. The molecule has 2 nitrogen and oxygen atoms in total. The fourth-order valence-corrected chi connectivity index (χ4v) is 3.08. The van der Waals surface area contributed by atoms with Crippen LogP contribution in [0.5, 0.6) is 0 Å². The maximum Gasteiger partial charge on any atom is 0.0811 e. The molecule has 0 bridgehead atoms. The van der Waals surface area contributed by atoms with Gasteiger partial charge in [0.05, 0.1) is 23.1 Å². The molecule has 0 N–H and O–H groups in total. The van der Waals surface area contributed by atoms with Crippen molar-refractivity contribution < 1.29 is 9.47 Å². The second kappa shape index (κ2) is 5.99. The second-order valence-electron chi connectivity index (χ2n) is 3.71. The highest BCUT2D eigenvalue weighted by Gasteiger charge is 2.13. The first-order valence-electron chi connectivity index (χ1n) is 5.28. The molecule has 0 saturated carbocycles. The Morgan fingerprint density at radius 2 is 2.40 bits per heavy atom. The van der Waals surface area contributed by atoms with Gasteiger partial charge in [-0.2, -0.15) is 0 Å². The largest absolute Gasteiger partial charge is 0.376 e. The predicted molar refractivity (Wildman–Crippen MR) is 65.3 cm³/mol. The first-order valence-corrected chi connectivity index (χ1v) is 6.89. The van der Waals surface area contributed by atoms with Crippen LogP contribution < -0.4 is 0 Å². The summed E-state index contributed by atoms with van der Waals surface area (Å²) in [4.78, 5) is 1.26. The number of ether oxygens (including phenoxy) is 2. The van der Waals surface area contributed by atoms with Crippen LogP contribution in [0, 0.1) is 0 Å². The Hall–Kier alpha value is 0.1000. The molecule has 15 heavy (non-hydrogen) atoms. The van der Waals surface area contributed by atoms with Gasteiger partial charge in [0.1, 0.15) is 0 Å². The monoisotopic (exact) mass is 290 g/mol. The molecule has 0 spiro atoms. The van der Waals surface area contributed by atoms with E-state index in [9.17, 15) is 0 Å². The van der Waals surface area contributed by atoms with Crippen LogP contribution in [0.1, 0.15) is 24.1 Å². The Balaban J connectivity index is 1.65. The molecule has 0 radical (unpaired) electrons. The van der Waals surface area contributed by atoms with Crippen molar-refractivity contribution in [2.24, 2.45) is 0 Å². The lowest BCUT2D eigenvalue weighted by Gasteiger charge is -2.22. The third-order valence-corrected chi connectivity index (χ3v) is 4.05. The highest BCUT2D eigenvalue weighted by molar-refractivity contribution is 9.11. The Kier molecular flexibility index (Phi) is 4.62. The van der Waals surface area contributed by atoms with E-state index in [-0.39, 0.29) is 0 Å². The first kappa shape index (κ1) is 11.6. The zero-order valence-electron chi connectivity index (χ0n) is 8.58. The Labute approximate surface area is 103 Å². The zero-order valence-corrected chi connectivity index (χ0v) is 11.0. The molecule has 1 aromatic rings. The van der Waals surface area contributed by atoms with Crippen molar-refractivity contribution in [1.82, 2.24) is 0 Å². The Bertz CT molecular complexity index is 295. The molecule has 1 atom stereocenters. The van der Waals surface area contributed by atoms with Crippen molar-refractivity contribution in [3.8, 4) is 0 Å². The number of thiophene rings is 1. The van der Waals surface area contributed by atoms with Crippen LogP contribution >= 0.6 is 27.3 Å². The first-order chi connectivity index (χ1) is 7.34. The molecule has 0 aromatic carbocycles. The van der Waals surface area contributed by atoms with Gasteiger partial charge in [0.2, 0.25) is 0 Å². The van der Waals surface area contributed by atoms with E-state index in [1.54, 1.807) is 11.3 Å². The summed E-state index contributed by atoms with van der Waals surface area (Å²) >= 11 is 5.16. The van der Waals surface area contributed by atoms with Crippen LogP contribution in [0.25, 0.3) is 0 Å². The number of rotatable bonds is 4. The maximum absolute atomic E-state index is 5.64. The lowest BCUT2D eigenvalue weighted by atomic mass is 10.1. The smallest absolute Gasteiger partial charge is 0.0811 e. The van der Waals surface area contributed by atoms with Gasteiger partial charge in [-0.15, -0.1) is 11.3 Å². The zero-order chi connectivity index (χ0) is 10.5. The van der Waals surface area contributed by atoms with E-state index in [1.807, 2.05) is 0 Å². The SMILES string of the molecule is Brc1ccc(COCC2CCCCO2)s1. The van der Waals surface area contributed by atoms with Gasteiger partial charge in [-0.25, -0.2) is 0 Å². The Morgan fingerprint density at radius 1 is 1.47 bits per heavy atom.